The number of carbonyl (C=O) groups is 2. The molecule has 2 aliphatic rings. The lowest BCUT2D eigenvalue weighted by Crippen LogP contribution is -2.39. The molecule has 0 aromatic heterocycles. The van der Waals surface area contributed by atoms with Crippen molar-refractivity contribution in [1.29, 1.82) is 0 Å². The van der Waals surface area contributed by atoms with Crippen LogP contribution in [0.2, 0.25) is 0 Å². The van der Waals surface area contributed by atoms with E-state index in [0.29, 0.717) is 13.0 Å². The van der Waals surface area contributed by atoms with Gasteiger partial charge in [-0.1, -0.05) is 6.92 Å². The summed E-state index contributed by atoms with van der Waals surface area (Å²) in [6.45, 7) is 7.94. The first-order valence-electron chi connectivity index (χ1n) is 11.3. The third kappa shape index (κ3) is 5.47. The Balaban J connectivity index is 1.55. The van der Waals surface area contributed by atoms with E-state index in [0.717, 1.165) is 43.4 Å². The zero-order valence-electron chi connectivity index (χ0n) is 19.0. The standard InChI is InChI=1S/C23H35N3O4S/c1-5-15(2)25-23(28)19-8-6-18(7-9-19)14-24-31(29,30)21-10-11-22-20(13-21)12-16(3)26(22)17(4)27/h10-11,13,15-16,18-19,24H,5-9,12,14H2,1-4H3,(H,25,28)/t15-,16+,18?,19?/m1/s1. The highest BCUT2D eigenvalue weighted by Crippen LogP contribution is 2.34. The van der Waals surface area contributed by atoms with Crippen molar-refractivity contribution in [2.45, 2.75) is 83.2 Å². The lowest BCUT2D eigenvalue weighted by atomic mass is 9.81. The van der Waals surface area contributed by atoms with E-state index in [-0.39, 0.29) is 40.6 Å². The molecule has 0 radical (unpaired) electrons. The van der Waals surface area contributed by atoms with Crippen molar-refractivity contribution >= 4 is 27.5 Å². The SMILES string of the molecule is CC[C@@H](C)NC(=O)C1CCC(CNS(=O)(=O)c2ccc3c(c2)C[C@H](C)N3C(C)=O)CC1. The van der Waals surface area contributed by atoms with Crippen LogP contribution in [0.3, 0.4) is 0 Å². The van der Waals surface area contributed by atoms with Crippen LogP contribution < -0.4 is 14.9 Å². The summed E-state index contributed by atoms with van der Waals surface area (Å²) < 4.78 is 28.4. The van der Waals surface area contributed by atoms with Gasteiger partial charge in [0.25, 0.3) is 0 Å². The van der Waals surface area contributed by atoms with Gasteiger partial charge in [0.05, 0.1) is 4.90 Å². The van der Waals surface area contributed by atoms with Gasteiger partial charge in [-0.05, 0) is 82.1 Å². The highest BCUT2D eigenvalue weighted by molar-refractivity contribution is 7.89. The van der Waals surface area contributed by atoms with Crippen molar-refractivity contribution in [3.8, 4) is 0 Å². The van der Waals surface area contributed by atoms with Gasteiger partial charge >= 0.3 is 0 Å². The first-order valence-corrected chi connectivity index (χ1v) is 12.8. The van der Waals surface area contributed by atoms with Crippen molar-refractivity contribution in [3.63, 3.8) is 0 Å². The summed E-state index contributed by atoms with van der Waals surface area (Å²) in [5.74, 6) is 0.364. The van der Waals surface area contributed by atoms with Crippen molar-refractivity contribution < 1.29 is 18.0 Å². The zero-order valence-corrected chi connectivity index (χ0v) is 19.8. The van der Waals surface area contributed by atoms with Gasteiger partial charge in [-0.15, -0.1) is 0 Å². The predicted molar refractivity (Wildman–Crippen MR) is 121 cm³/mol. The van der Waals surface area contributed by atoms with Gasteiger partial charge in [-0.25, -0.2) is 13.1 Å². The Bertz CT molecular complexity index is 923. The van der Waals surface area contributed by atoms with Gasteiger partial charge in [0.15, 0.2) is 0 Å². The molecule has 31 heavy (non-hydrogen) atoms. The van der Waals surface area contributed by atoms with Gasteiger partial charge in [-0.3, -0.25) is 9.59 Å². The van der Waals surface area contributed by atoms with E-state index < -0.39 is 10.0 Å². The summed E-state index contributed by atoms with van der Waals surface area (Å²) in [6, 6.07) is 5.22. The molecule has 1 aromatic carbocycles. The molecule has 0 saturated heterocycles. The summed E-state index contributed by atoms with van der Waals surface area (Å²) in [5, 5.41) is 3.05. The van der Waals surface area contributed by atoms with Crippen molar-refractivity contribution in [2.75, 3.05) is 11.4 Å². The molecule has 0 unspecified atom stereocenters. The number of nitrogens with one attached hydrogen (secondary N) is 2. The maximum atomic E-state index is 12.8. The molecule has 8 heteroatoms. The Labute approximate surface area is 186 Å². The molecule has 2 N–H and O–H groups in total. The van der Waals surface area contributed by atoms with E-state index in [4.69, 9.17) is 0 Å². The zero-order chi connectivity index (χ0) is 22.8. The molecule has 0 spiro atoms. The van der Waals surface area contributed by atoms with Crippen LogP contribution in [0.4, 0.5) is 5.69 Å². The molecule has 1 heterocycles. The van der Waals surface area contributed by atoms with E-state index in [9.17, 15) is 18.0 Å². The topological polar surface area (TPSA) is 95.6 Å². The largest absolute Gasteiger partial charge is 0.353 e. The van der Waals surface area contributed by atoms with Crippen LogP contribution in [0.5, 0.6) is 0 Å². The monoisotopic (exact) mass is 449 g/mol. The number of amides is 2. The van der Waals surface area contributed by atoms with Gasteiger partial charge in [0, 0.05) is 37.2 Å². The number of sulfonamides is 1. The molecule has 1 aliphatic carbocycles. The van der Waals surface area contributed by atoms with E-state index in [1.54, 1.807) is 23.1 Å². The second-order valence-corrected chi connectivity index (χ2v) is 10.9. The number of anilines is 1. The fourth-order valence-corrected chi connectivity index (χ4v) is 5.82. The smallest absolute Gasteiger partial charge is 0.240 e. The minimum Gasteiger partial charge on any atom is -0.353 e. The fraction of sp³-hybridized carbons (Fsp3) is 0.652. The van der Waals surface area contributed by atoms with Gasteiger partial charge in [-0.2, -0.15) is 0 Å². The Hall–Kier alpha value is -1.93. The molecule has 1 aromatic rings. The molecule has 1 fully saturated rings. The van der Waals surface area contributed by atoms with E-state index in [1.165, 1.54) is 6.92 Å². The quantitative estimate of drug-likeness (QED) is 0.669. The molecule has 2 amide bonds. The first kappa shape index (κ1) is 23.7. The third-order valence-corrected chi connectivity index (χ3v) is 8.12. The molecule has 1 aliphatic heterocycles. The summed E-state index contributed by atoms with van der Waals surface area (Å²) in [6.07, 6.45) is 4.85. The van der Waals surface area contributed by atoms with Crippen LogP contribution in [-0.2, 0) is 26.0 Å². The number of nitrogens with zero attached hydrogens (tertiary/aromatic N) is 1. The molecule has 3 rings (SSSR count). The number of fused-ring (bicyclic) bond motifs is 1. The van der Waals surface area contributed by atoms with Crippen molar-refractivity contribution in [3.05, 3.63) is 23.8 Å². The number of benzene rings is 1. The van der Waals surface area contributed by atoms with Crippen LogP contribution in [0.1, 0.15) is 65.4 Å². The summed E-state index contributed by atoms with van der Waals surface area (Å²) in [7, 11) is -3.62. The van der Waals surface area contributed by atoms with Crippen LogP contribution in [0.15, 0.2) is 23.1 Å². The molecule has 0 bridgehead atoms. The molecule has 172 valence electrons. The van der Waals surface area contributed by atoms with Crippen LogP contribution in [0, 0.1) is 11.8 Å². The Morgan fingerprint density at radius 2 is 1.87 bits per heavy atom. The lowest BCUT2D eigenvalue weighted by Gasteiger charge is -2.28. The second kappa shape index (κ2) is 9.69. The normalized spacial score (nSPS) is 24.5. The Kier molecular flexibility index (Phi) is 7.42. The maximum Gasteiger partial charge on any atom is 0.240 e. The Morgan fingerprint density at radius 3 is 2.48 bits per heavy atom. The van der Waals surface area contributed by atoms with Crippen LogP contribution >= 0.6 is 0 Å². The highest BCUT2D eigenvalue weighted by atomic mass is 32.2. The average Bonchev–Trinajstić information content (AvgIpc) is 3.07. The molecule has 1 saturated carbocycles. The molecular weight excluding hydrogens is 414 g/mol. The van der Waals surface area contributed by atoms with Crippen molar-refractivity contribution in [1.82, 2.24) is 10.0 Å². The highest BCUT2D eigenvalue weighted by Gasteiger charge is 2.31. The van der Waals surface area contributed by atoms with Crippen LogP contribution in [0.25, 0.3) is 0 Å². The Morgan fingerprint density at radius 1 is 1.19 bits per heavy atom. The average molecular weight is 450 g/mol. The van der Waals surface area contributed by atoms with Gasteiger partial charge in [0.2, 0.25) is 21.8 Å². The molecule has 7 nitrogen and oxygen atoms in total. The number of rotatable bonds is 7. The predicted octanol–water partition coefficient (Wildman–Crippen LogP) is 2.98. The molecular formula is C23H35N3O4S. The van der Waals surface area contributed by atoms with Crippen LogP contribution in [-0.4, -0.2) is 38.9 Å². The molecule has 2 atom stereocenters. The summed E-state index contributed by atoms with van der Waals surface area (Å²) in [5.41, 5.74) is 1.69. The number of hydrogen-bond acceptors (Lipinski definition) is 4. The van der Waals surface area contributed by atoms with E-state index in [2.05, 4.69) is 17.0 Å². The minimum atomic E-state index is -3.62. The summed E-state index contributed by atoms with van der Waals surface area (Å²) in [4.78, 5) is 26.2. The number of hydrogen-bond donors (Lipinski definition) is 2. The third-order valence-electron chi connectivity index (χ3n) is 6.70. The van der Waals surface area contributed by atoms with E-state index >= 15 is 0 Å². The maximum absolute atomic E-state index is 12.8. The van der Waals surface area contributed by atoms with Gasteiger partial charge in [0.1, 0.15) is 0 Å². The summed E-state index contributed by atoms with van der Waals surface area (Å²) >= 11 is 0. The minimum absolute atomic E-state index is 0.0322. The first-order chi connectivity index (χ1) is 14.6. The van der Waals surface area contributed by atoms with Crippen molar-refractivity contribution in [2.24, 2.45) is 11.8 Å². The fourth-order valence-electron chi connectivity index (χ4n) is 4.66. The van der Waals surface area contributed by atoms with E-state index in [1.807, 2.05) is 13.8 Å². The second-order valence-electron chi connectivity index (χ2n) is 9.12. The number of carbonyl (C=O) groups excluding carboxylic acids is 2. The van der Waals surface area contributed by atoms with Gasteiger partial charge < -0.3 is 10.2 Å². The lowest BCUT2D eigenvalue weighted by molar-refractivity contribution is -0.126.